The molecule has 0 aromatic heterocycles. The molecule has 94 valence electrons. The van der Waals surface area contributed by atoms with Gasteiger partial charge in [0.1, 0.15) is 0 Å². The van der Waals surface area contributed by atoms with Crippen LogP contribution in [0.25, 0.3) is 0 Å². The molecule has 0 bridgehead atoms. The summed E-state index contributed by atoms with van der Waals surface area (Å²) >= 11 is 15.8. The molecule has 1 aromatic rings. The summed E-state index contributed by atoms with van der Waals surface area (Å²) in [5.41, 5.74) is 0.804. The minimum absolute atomic E-state index is 0.0413. The van der Waals surface area contributed by atoms with Crippen molar-refractivity contribution < 1.29 is 8.42 Å². The van der Waals surface area contributed by atoms with Crippen molar-refractivity contribution in [3.8, 4) is 0 Å². The van der Waals surface area contributed by atoms with Crippen LogP contribution in [0.15, 0.2) is 22.7 Å². The highest BCUT2D eigenvalue weighted by molar-refractivity contribution is 9.10. The summed E-state index contributed by atoms with van der Waals surface area (Å²) in [6, 6.07) is 5.48. The van der Waals surface area contributed by atoms with Crippen LogP contribution in [0.2, 0.25) is 5.02 Å². The molecule has 2 atom stereocenters. The maximum atomic E-state index is 11.4. The van der Waals surface area contributed by atoms with Gasteiger partial charge in [-0.15, -0.1) is 11.6 Å². The smallest absolute Gasteiger partial charge is 0.150 e. The predicted molar refractivity (Wildman–Crippen MR) is 74.5 cm³/mol. The molecule has 1 aliphatic rings. The number of halogens is 3. The van der Waals surface area contributed by atoms with Crippen LogP contribution < -0.4 is 0 Å². The van der Waals surface area contributed by atoms with Crippen LogP contribution in [0.3, 0.4) is 0 Å². The Morgan fingerprint density at radius 3 is 2.65 bits per heavy atom. The summed E-state index contributed by atoms with van der Waals surface area (Å²) in [6.45, 7) is 0. The van der Waals surface area contributed by atoms with Crippen LogP contribution in [0.4, 0.5) is 0 Å². The van der Waals surface area contributed by atoms with Crippen molar-refractivity contribution in [3.63, 3.8) is 0 Å². The van der Waals surface area contributed by atoms with E-state index in [0.29, 0.717) is 11.4 Å². The van der Waals surface area contributed by atoms with Crippen LogP contribution in [0.5, 0.6) is 0 Å². The van der Waals surface area contributed by atoms with Gasteiger partial charge in [-0.2, -0.15) is 0 Å². The fourth-order valence-electron chi connectivity index (χ4n) is 2.03. The third-order valence-electron chi connectivity index (χ3n) is 2.94. The average Bonchev–Trinajstić information content (AvgIpc) is 2.58. The summed E-state index contributed by atoms with van der Waals surface area (Å²) in [4.78, 5) is 0. The zero-order valence-corrected chi connectivity index (χ0v) is 12.8. The molecule has 1 aliphatic heterocycles. The van der Waals surface area contributed by atoms with E-state index in [0.717, 1.165) is 10.0 Å². The second-order valence-corrected chi connectivity index (χ2v) is 8.25. The summed E-state index contributed by atoms with van der Waals surface area (Å²) < 4.78 is 23.7. The van der Waals surface area contributed by atoms with Gasteiger partial charge in [0, 0.05) is 9.50 Å². The van der Waals surface area contributed by atoms with Crippen molar-refractivity contribution in [2.24, 2.45) is 5.92 Å². The van der Waals surface area contributed by atoms with Gasteiger partial charge in [-0.1, -0.05) is 33.6 Å². The monoisotopic (exact) mass is 356 g/mol. The Morgan fingerprint density at radius 1 is 1.41 bits per heavy atom. The zero-order chi connectivity index (χ0) is 12.6. The summed E-state index contributed by atoms with van der Waals surface area (Å²) in [7, 11) is -2.91. The number of alkyl halides is 1. The van der Waals surface area contributed by atoms with Crippen LogP contribution >= 0.6 is 39.1 Å². The highest BCUT2D eigenvalue weighted by Crippen LogP contribution is 2.39. The van der Waals surface area contributed by atoms with Gasteiger partial charge in [0.25, 0.3) is 0 Å². The van der Waals surface area contributed by atoms with E-state index in [1.54, 1.807) is 6.07 Å². The van der Waals surface area contributed by atoms with E-state index in [4.69, 9.17) is 23.2 Å². The molecule has 2 rings (SSSR count). The van der Waals surface area contributed by atoms with Crippen LogP contribution in [-0.4, -0.2) is 19.9 Å². The lowest BCUT2D eigenvalue weighted by molar-refractivity contribution is 0.569. The van der Waals surface area contributed by atoms with E-state index in [9.17, 15) is 8.42 Å². The molecule has 0 N–H and O–H groups in total. The SMILES string of the molecule is O=S1(=O)CCC(C(Cl)c2ccc(Br)cc2Cl)C1. The molecule has 1 heterocycles. The fraction of sp³-hybridized carbons (Fsp3) is 0.455. The molecule has 1 saturated heterocycles. The van der Waals surface area contributed by atoms with Crippen LogP contribution in [-0.2, 0) is 9.84 Å². The number of benzene rings is 1. The maximum absolute atomic E-state index is 11.4. The predicted octanol–water partition coefficient (Wildman–Crippen LogP) is 3.82. The Labute approximate surface area is 119 Å². The molecular formula is C11H11BrCl2O2S. The summed E-state index contributed by atoms with van der Waals surface area (Å²) in [5, 5.41) is 0.233. The van der Waals surface area contributed by atoms with E-state index in [-0.39, 0.29) is 22.8 Å². The van der Waals surface area contributed by atoms with Crippen molar-refractivity contribution in [2.75, 3.05) is 11.5 Å². The third kappa shape index (κ3) is 3.16. The molecule has 0 radical (unpaired) electrons. The lowest BCUT2D eigenvalue weighted by atomic mass is 9.98. The molecule has 0 spiro atoms. The Balaban J connectivity index is 2.23. The molecule has 1 aromatic carbocycles. The van der Waals surface area contributed by atoms with Crippen LogP contribution in [0, 0.1) is 5.92 Å². The Morgan fingerprint density at radius 2 is 2.12 bits per heavy atom. The van der Waals surface area contributed by atoms with Gasteiger partial charge in [0.15, 0.2) is 9.84 Å². The largest absolute Gasteiger partial charge is 0.229 e. The Hall–Kier alpha value is 0.230. The zero-order valence-electron chi connectivity index (χ0n) is 8.87. The Bertz CT molecular complexity index is 530. The maximum Gasteiger partial charge on any atom is 0.150 e. The van der Waals surface area contributed by atoms with Gasteiger partial charge in [0.05, 0.1) is 16.9 Å². The summed E-state index contributed by atoms with van der Waals surface area (Å²) in [5.74, 6) is 0.350. The molecule has 17 heavy (non-hydrogen) atoms. The van der Waals surface area contributed by atoms with E-state index < -0.39 is 9.84 Å². The number of sulfone groups is 1. The first-order chi connectivity index (χ1) is 7.89. The van der Waals surface area contributed by atoms with E-state index in [2.05, 4.69) is 15.9 Å². The molecule has 1 fully saturated rings. The van der Waals surface area contributed by atoms with Crippen molar-refractivity contribution in [3.05, 3.63) is 33.3 Å². The molecule has 0 saturated carbocycles. The number of hydrogen-bond donors (Lipinski definition) is 0. The highest BCUT2D eigenvalue weighted by atomic mass is 79.9. The molecular weight excluding hydrogens is 347 g/mol. The van der Waals surface area contributed by atoms with E-state index in [1.807, 2.05) is 12.1 Å². The lowest BCUT2D eigenvalue weighted by Gasteiger charge is -2.17. The summed E-state index contributed by atoms with van der Waals surface area (Å²) in [6.07, 6.45) is 0.614. The van der Waals surface area contributed by atoms with Crippen molar-refractivity contribution in [1.82, 2.24) is 0 Å². The van der Waals surface area contributed by atoms with Crippen molar-refractivity contribution in [2.45, 2.75) is 11.8 Å². The quantitative estimate of drug-likeness (QED) is 0.754. The van der Waals surface area contributed by atoms with Gasteiger partial charge in [-0.3, -0.25) is 0 Å². The topological polar surface area (TPSA) is 34.1 Å². The minimum Gasteiger partial charge on any atom is -0.229 e. The molecule has 0 amide bonds. The average molecular weight is 358 g/mol. The van der Waals surface area contributed by atoms with Crippen molar-refractivity contribution in [1.29, 1.82) is 0 Å². The number of hydrogen-bond acceptors (Lipinski definition) is 2. The number of rotatable bonds is 2. The second kappa shape index (κ2) is 5.08. The molecule has 0 aliphatic carbocycles. The first-order valence-corrected chi connectivity index (χ1v) is 8.61. The standard InChI is InChI=1S/C11H11BrCl2O2S/c12-8-1-2-9(10(13)5-8)11(14)7-3-4-17(15,16)6-7/h1-2,5,7,11H,3-4,6H2. The lowest BCUT2D eigenvalue weighted by Crippen LogP contribution is -2.10. The van der Waals surface area contributed by atoms with Crippen LogP contribution in [0.1, 0.15) is 17.4 Å². The normalized spacial score (nSPS) is 24.8. The second-order valence-electron chi connectivity index (χ2n) is 4.23. The van der Waals surface area contributed by atoms with Gasteiger partial charge >= 0.3 is 0 Å². The van der Waals surface area contributed by atoms with Crippen molar-refractivity contribution >= 4 is 49.0 Å². The fourth-order valence-corrected chi connectivity index (χ4v) is 5.23. The van der Waals surface area contributed by atoms with Gasteiger partial charge in [-0.25, -0.2) is 8.42 Å². The van der Waals surface area contributed by atoms with Gasteiger partial charge in [-0.05, 0) is 30.0 Å². The van der Waals surface area contributed by atoms with E-state index >= 15 is 0 Å². The molecule has 2 unspecified atom stereocenters. The minimum atomic E-state index is -2.91. The van der Waals surface area contributed by atoms with E-state index in [1.165, 1.54) is 0 Å². The first kappa shape index (κ1) is 13.7. The van der Waals surface area contributed by atoms with Gasteiger partial charge < -0.3 is 0 Å². The highest BCUT2D eigenvalue weighted by Gasteiger charge is 2.34. The first-order valence-electron chi connectivity index (χ1n) is 5.18. The molecule has 2 nitrogen and oxygen atoms in total. The third-order valence-corrected chi connectivity index (χ3v) is 6.15. The molecule has 6 heteroatoms. The van der Waals surface area contributed by atoms with Gasteiger partial charge in [0.2, 0.25) is 0 Å². The Kier molecular flexibility index (Phi) is 4.08.